The number of aromatic amines is 1. The maximum Gasteiger partial charge on any atom is 0.250 e. The molecule has 0 radical (unpaired) electrons. The van der Waals surface area contributed by atoms with Gasteiger partial charge in [-0.2, -0.15) is 0 Å². The Morgan fingerprint density at radius 3 is 2.59 bits per heavy atom. The molecule has 17 heavy (non-hydrogen) atoms. The minimum atomic E-state index is -0.0949. The molecule has 0 bridgehead atoms. The van der Waals surface area contributed by atoms with Crippen LogP contribution in [-0.2, 0) is 12.8 Å². The van der Waals surface area contributed by atoms with Crippen molar-refractivity contribution in [1.29, 1.82) is 0 Å². The molecule has 0 aliphatic carbocycles. The summed E-state index contributed by atoms with van der Waals surface area (Å²) in [5.74, 6) is 0.743. The zero-order chi connectivity index (χ0) is 12.1. The van der Waals surface area contributed by atoms with Gasteiger partial charge in [0, 0.05) is 24.4 Å². The van der Waals surface area contributed by atoms with Gasteiger partial charge in [0.1, 0.15) is 5.82 Å². The summed E-state index contributed by atoms with van der Waals surface area (Å²) < 4.78 is 0. The van der Waals surface area contributed by atoms with Crippen LogP contribution in [0.1, 0.15) is 17.8 Å². The van der Waals surface area contributed by atoms with Crippen molar-refractivity contribution in [3.63, 3.8) is 0 Å². The molecule has 2 rings (SSSR count). The number of aromatic nitrogens is 2. The molecule has 1 aromatic heterocycles. The van der Waals surface area contributed by atoms with Crippen LogP contribution < -0.4 is 11.3 Å². The van der Waals surface area contributed by atoms with Crippen molar-refractivity contribution in [3.05, 3.63) is 58.3 Å². The van der Waals surface area contributed by atoms with Gasteiger partial charge in [0.25, 0.3) is 5.56 Å². The van der Waals surface area contributed by atoms with Crippen molar-refractivity contribution in [3.8, 4) is 0 Å². The maximum atomic E-state index is 11.1. The molecule has 3 N–H and O–H groups in total. The quantitative estimate of drug-likeness (QED) is 0.781. The number of aryl methyl sites for hydroxylation is 2. The molecule has 1 heterocycles. The van der Waals surface area contributed by atoms with E-state index in [0.29, 0.717) is 0 Å². The number of rotatable bonds is 4. The third-order valence-electron chi connectivity index (χ3n) is 2.58. The number of nitrogen functional groups attached to an aromatic ring is 1. The molecule has 4 heteroatoms. The zero-order valence-corrected chi connectivity index (χ0v) is 9.52. The number of hydrogen-bond acceptors (Lipinski definition) is 3. The van der Waals surface area contributed by atoms with Crippen LogP contribution in [0.3, 0.4) is 0 Å². The minimum absolute atomic E-state index is 0.0949. The lowest BCUT2D eigenvalue weighted by Crippen LogP contribution is -2.09. The molecule has 1 aromatic carbocycles. The van der Waals surface area contributed by atoms with Crippen LogP contribution in [-0.4, -0.2) is 9.97 Å². The first-order chi connectivity index (χ1) is 8.24. The fourth-order valence-electron chi connectivity index (χ4n) is 1.68. The van der Waals surface area contributed by atoms with Crippen molar-refractivity contribution < 1.29 is 0 Å². The van der Waals surface area contributed by atoms with Gasteiger partial charge in [-0.3, -0.25) is 4.79 Å². The van der Waals surface area contributed by atoms with Gasteiger partial charge in [-0.05, 0) is 30.5 Å². The predicted molar refractivity (Wildman–Crippen MR) is 67.7 cm³/mol. The summed E-state index contributed by atoms with van der Waals surface area (Å²) >= 11 is 0. The Labute approximate surface area is 99.5 Å². The highest BCUT2D eigenvalue weighted by Crippen LogP contribution is 2.08. The molecule has 4 nitrogen and oxygen atoms in total. The van der Waals surface area contributed by atoms with E-state index in [2.05, 4.69) is 9.97 Å². The van der Waals surface area contributed by atoms with E-state index in [4.69, 9.17) is 5.73 Å². The first-order valence-electron chi connectivity index (χ1n) is 5.63. The van der Waals surface area contributed by atoms with Crippen molar-refractivity contribution in [2.75, 3.05) is 5.73 Å². The molecular formula is C13H15N3O. The van der Waals surface area contributed by atoms with Crippen LogP contribution in [0.4, 0.5) is 5.69 Å². The lowest BCUT2D eigenvalue weighted by atomic mass is 10.1. The van der Waals surface area contributed by atoms with Gasteiger partial charge < -0.3 is 10.7 Å². The average Bonchev–Trinajstić information content (AvgIpc) is 2.32. The fourth-order valence-corrected chi connectivity index (χ4v) is 1.68. The Kier molecular flexibility index (Phi) is 3.55. The Hall–Kier alpha value is -2.10. The predicted octanol–water partition coefficient (Wildman–Crippen LogP) is 1.53. The van der Waals surface area contributed by atoms with Crippen molar-refractivity contribution >= 4 is 5.69 Å². The normalized spacial score (nSPS) is 10.4. The van der Waals surface area contributed by atoms with Gasteiger partial charge in [-0.25, -0.2) is 4.98 Å². The molecule has 0 saturated carbocycles. The van der Waals surface area contributed by atoms with Crippen molar-refractivity contribution in [2.45, 2.75) is 19.3 Å². The average molecular weight is 229 g/mol. The van der Waals surface area contributed by atoms with E-state index in [1.54, 1.807) is 0 Å². The summed E-state index contributed by atoms with van der Waals surface area (Å²) in [4.78, 5) is 17.9. The summed E-state index contributed by atoms with van der Waals surface area (Å²) in [7, 11) is 0. The van der Waals surface area contributed by atoms with Crippen LogP contribution in [0.25, 0.3) is 0 Å². The van der Waals surface area contributed by atoms with E-state index in [9.17, 15) is 4.79 Å². The number of nitrogens with two attached hydrogens (primary N) is 1. The summed E-state index contributed by atoms with van der Waals surface area (Å²) in [5, 5.41) is 0. The standard InChI is InChI=1S/C13H15N3O/c14-11-6-4-10(5-7-11)2-1-3-12-15-9-8-13(17)16-12/h4-9H,1-3,14H2,(H,15,16,17). The van der Waals surface area contributed by atoms with Crippen LogP contribution in [0.15, 0.2) is 41.3 Å². The summed E-state index contributed by atoms with van der Waals surface area (Å²) in [6.45, 7) is 0. The molecule has 0 fully saturated rings. The number of nitrogens with zero attached hydrogens (tertiary/aromatic N) is 1. The maximum absolute atomic E-state index is 11.1. The monoisotopic (exact) mass is 229 g/mol. The molecule has 0 aliphatic heterocycles. The number of benzene rings is 1. The van der Waals surface area contributed by atoms with E-state index in [-0.39, 0.29) is 5.56 Å². The fraction of sp³-hybridized carbons (Fsp3) is 0.231. The Morgan fingerprint density at radius 1 is 1.12 bits per heavy atom. The molecular weight excluding hydrogens is 214 g/mol. The molecule has 2 aromatic rings. The highest BCUT2D eigenvalue weighted by Gasteiger charge is 1.97. The highest BCUT2D eigenvalue weighted by atomic mass is 16.1. The van der Waals surface area contributed by atoms with Gasteiger partial charge in [0.15, 0.2) is 0 Å². The van der Waals surface area contributed by atoms with Gasteiger partial charge in [0.05, 0.1) is 0 Å². The number of H-pyrrole nitrogens is 1. The van der Waals surface area contributed by atoms with Crippen LogP contribution in [0.2, 0.25) is 0 Å². The van der Waals surface area contributed by atoms with Gasteiger partial charge in [-0.15, -0.1) is 0 Å². The first kappa shape index (κ1) is 11.4. The Bertz CT molecular complexity index is 531. The minimum Gasteiger partial charge on any atom is -0.399 e. The topological polar surface area (TPSA) is 71.8 Å². The number of hydrogen-bond donors (Lipinski definition) is 2. The van der Waals surface area contributed by atoms with Crippen LogP contribution in [0, 0.1) is 0 Å². The van der Waals surface area contributed by atoms with Crippen LogP contribution in [0.5, 0.6) is 0 Å². The second kappa shape index (κ2) is 5.30. The second-order valence-electron chi connectivity index (χ2n) is 3.98. The zero-order valence-electron chi connectivity index (χ0n) is 9.52. The lowest BCUT2D eigenvalue weighted by molar-refractivity contribution is 0.766. The Balaban J connectivity index is 1.87. The highest BCUT2D eigenvalue weighted by molar-refractivity contribution is 5.39. The van der Waals surface area contributed by atoms with E-state index in [1.807, 2.05) is 24.3 Å². The molecule has 0 atom stereocenters. The lowest BCUT2D eigenvalue weighted by Gasteiger charge is -2.02. The number of anilines is 1. The smallest absolute Gasteiger partial charge is 0.250 e. The van der Waals surface area contributed by atoms with Crippen molar-refractivity contribution in [1.82, 2.24) is 9.97 Å². The van der Waals surface area contributed by atoms with E-state index in [0.717, 1.165) is 30.8 Å². The summed E-state index contributed by atoms with van der Waals surface area (Å²) in [6.07, 6.45) is 4.23. The third kappa shape index (κ3) is 3.45. The van der Waals surface area contributed by atoms with E-state index >= 15 is 0 Å². The van der Waals surface area contributed by atoms with Crippen molar-refractivity contribution in [2.24, 2.45) is 0 Å². The SMILES string of the molecule is Nc1ccc(CCCc2nccc(=O)[nH]2)cc1. The third-order valence-corrected chi connectivity index (χ3v) is 2.58. The largest absolute Gasteiger partial charge is 0.399 e. The molecule has 0 aliphatic rings. The summed E-state index contributed by atoms with van der Waals surface area (Å²) in [5.41, 5.74) is 7.55. The Morgan fingerprint density at radius 2 is 1.88 bits per heavy atom. The van der Waals surface area contributed by atoms with Gasteiger partial charge in [-0.1, -0.05) is 12.1 Å². The molecule has 0 unspecified atom stereocenters. The molecule has 0 spiro atoms. The van der Waals surface area contributed by atoms with Crippen LogP contribution >= 0.6 is 0 Å². The molecule has 0 saturated heterocycles. The van der Waals surface area contributed by atoms with Gasteiger partial charge >= 0.3 is 0 Å². The second-order valence-corrected chi connectivity index (χ2v) is 3.98. The molecule has 0 amide bonds. The van der Waals surface area contributed by atoms with Gasteiger partial charge in [0.2, 0.25) is 0 Å². The molecule has 88 valence electrons. The summed E-state index contributed by atoms with van der Waals surface area (Å²) in [6, 6.07) is 9.27. The van der Waals surface area contributed by atoms with E-state index in [1.165, 1.54) is 17.8 Å². The first-order valence-corrected chi connectivity index (χ1v) is 5.63. The number of nitrogens with one attached hydrogen (secondary N) is 1. The van der Waals surface area contributed by atoms with E-state index < -0.39 is 0 Å².